The van der Waals surface area contributed by atoms with Crippen molar-refractivity contribution in [1.29, 1.82) is 0 Å². The fourth-order valence-electron chi connectivity index (χ4n) is 1.86. The van der Waals surface area contributed by atoms with Crippen LogP contribution in [0.5, 0.6) is 0 Å². The number of carbonyl (C=O) groups excluding carboxylic acids is 1. The van der Waals surface area contributed by atoms with E-state index < -0.39 is 0 Å². The van der Waals surface area contributed by atoms with Crippen molar-refractivity contribution >= 4 is 5.91 Å². The molecule has 3 nitrogen and oxygen atoms in total. The second kappa shape index (κ2) is 5.78. The minimum Gasteiger partial charge on any atom is -0.336 e. The Balaban J connectivity index is 3.36. The van der Waals surface area contributed by atoms with E-state index >= 15 is 0 Å². The van der Waals surface area contributed by atoms with Crippen LogP contribution in [0.25, 0.3) is 0 Å². The molecule has 0 aliphatic carbocycles. The van der Waals surface area contributed by atoms with E-state index in [1.54, 1.807) is 4.90 Å². The Bertz CT molecular complexity index is 519. The van der Waals surface area contributed by atoms with E-state index in [0.717, 1.165) is 5.69 Å². The maximum atomic E-state index is 12.7. The monoisotopic (exact) mass is 290 g/mol. The Kier molecular flexibility index (Phi) is 4.87. The van der Waals surface area contributed by atoms with Crippen molar-refractivity contribution in [2.45, 2.75) is 72.3 Å². The largest absolute Gasteiger partial charge is 0.336 e. The van der Waals surface area contributed by atoms with Crippen molar-refractivity contribution in [2.24, 2.45) is 0 Å². The lowest BCUT2D eigenvalue weighted by Gasteiger charge is -2.32. The summed E-state index contributed by atoms with van der Waals surface area (Å²) < 4.78 is 0. The molecule has 0 spiro atoms. The van der Waals surface area contributed by atoms with E-state index in [1.807, 2.05) is 33.9 Å². The van der Waals surface area contributed by atoms with Crippen molar-refractivity contribution in [3.8, 4) is 0 Å². The van der Waals surface area contributed by atoms with Gasteiger partial charge in [0.15, 0.2) is 0 Å². The summed E-state index contributed by atoms with van der Waals surface area (Å²) in [5.74, 6) is 0.357. The van der Waals surface area contributed by atoms with E-state index in [1.165, 1.54) is 5.56 Å². The maximum absolute atomic E-state index is 12.7. The van der Waals surface area contributed by atoms with Crippen LogP contribution in [0.2, 0.25) is 0 Å². The Morgan fingerprint density at radius 1 is 1.10 bits per heavy atom. The molecule has 0 N–H and O–H groups in total. The molecule has 0 fully saturated rings. The number of amides is 1. The molecule has 1 aromatic heterocycles. The molecule has 3 heteroatoms. The first kappa shape index (κ1) is 17.7. The molecule has 0 atom stereocenters. The number of hydrogen-bond donors (Lipinski definition) is 0. The SMILES string of the molecule is CC(C)c1cc(C(=O)N(C)C(C)(C)C)nc(C(C)(C)C)c1. The highest BCUT2D eigenvalue weighted by atomic mass is 16.2. The molecular formula is C18H30N2O. The van der Waals surface area contributed by atoms with Crippen LogP contribution < -0.4 is 0 Å². The average molecular weight is 290 g/mol. The number of hydrogen-bond acceptors (Lipinski definition) is 2. The molecule has 21 heavy (non-hydrogen) atoms. The Morgan fingerprint density at radius 2 is 1.62 bits per heavy atom. The van der Waals surface area contributed by atoms with Gasteiger partial charge in [-0.15, -0.1) is 0 Å². The lowest BCUT2D eigenvalue weighted by atomic mass is 9.88. The molecule has 1 heterocycles. The number of nitrogens with zero attached hydrogens (tertiary/aromatic N) is 2. The van der Waals surface area contributed by atoms with Gasteiger partial charge in [0, 0.05) is 23.7 Å². The third-order valence-electron chi connectivity index (χ3n) is 3.81. The zero-order chi connectivity index (χ0) is 16.6. The Morgan fingerprint density at radius 3 is 2.00 bits per heavy atom. The van der Waals surface area contributed by atoms with E-state index in [2.05, 4.69) is 45.7 Å². The fourth-order valence-corrected chi connectivity index (χ4v) is 1.86. The molecule has 0 saturated heterocycles. The third kappa shape index (κ3) is 4.29. The van der Waals surface area contributed by atoms with Crippen LogP contribution in [0.3, 0.4) is 0 Å². The molecule has 1 rings (SSSR count). The predicted octanol–water partition coefficient (Wildman–Crippen LogP) is 4.37. The van der Waals surface area contributed by atoms with Gasteiger partial charge in [-0.2, -0.15) is 0 Å². The molecule has 0 bridgehead atoms. The van der Waals surface area contributed by atoms with Gasteiger partial charge in [-0.25, -0.2) is 4.98 Å². The van der Waals surface area contributed by atoms with E-state index in [4.69, 9.17) is 0 Å². The van der Waals surface area contributed by atoms with Crippen LogP contribution >= 0.6 is 0 Å². The second-order valence-corrected chi connectivity index (χ2v) is 8.11. The molecule has 0 unspecified atom stereocenters. The summed E-state index contributed by atoms with van der Waals surface area (Å²) in [4.78, 5) is 19.1. The number of rotatable bonds is 2. The summed E-state index contributed by atoms with van der Waals surface area (Å²) in [7, 11) is 1.84. The third-order valence-corrected chi connectivity index (χ3v) is 3.81. The molecule has 1 amide bonds. The van der Waals surface area contributed by atoms with Crippen LogP contribution in [0.4, 0.5) is 0 Å². The summed E-state index contributed by atoms with van der Waals surface area (Å²) in [6.07, 6.45) is 0. The standard InChI is InChI=1S/C18H30N2O/c1-12(2)13-10-14(16(21)20(9)18(6,7)8)19-15(11-13)17(3,4)5/h10-12H,1-9H3. The van der Waals surface area contributed by atoms with Crippen LogP contribution in [-0.2, 0) is 5.41 Å². The normalized spacial score (nSPS) is 12.7. The van der Waals surface area contributed by atoms with Gasteiger partial charge in [0.25, 0.3) is 5.91 Å². The van der Waals surface area contributed by atoms with Crippen molar-refractivity contribution in [3.05, 3.63) is 29.1 Å². The van der Waals surface area contributed by atoms with Crippen molar-refractivity contribution in [1.82, 2.24) is 9.88 Å². The molecule has 0 radical (unpaired) electrons. The first-order chi connectivity index (χ1) is 9.34. The van der Waals surface area contributed by atoms with E-state index in [0.29, 0.717) is 11.6 Å². The van der Waals surface area contributed by atoms with Gasteiger partial charge in [0.1, 0.15) is 5.69 Å². The minimum absolute atomic E-state index is 0.0181. The van der Waals surface area contributed by atoms with Gasteiger partial charge in [-0.1, -0.05) is 34.6 Å². The summed E-state index contributed by atoms with van der Waals surface area (Å²) in [5, 5.41) is 0. The van der Waals surface area contributed by atoms with Crippen molar-refractivity contribution in [3.63, 3.8) is 0 Å². The van der Waals surface area contributed by atoms with Crippen LogP contribution in [0.1, 0.15) is 83.1 Å². The zero-order valence-corrected chi connectivity index (χ0v) is 15.0. The first-order valence-corrected chi connectivity index (χ1v) is 7.64. The predicted molar refractivity (Wildman–Crippen MR) is 88.9 cm³/mol. The zero-order valence-electron chi connectivity index (χ0n) is 15.0. The maximum Gasteiger partial charge on any atom is 0.272 e. The summed E-state index contributed by atoms with van der Waals surface area (Å²) >= 11 is 0. The summed E-state index contributed by atoms with van der Waals surface area (Å²) in [5.41, 5.74) is 2.40. The highest BCUT2D eigenvalue weighted by Gasteiger charge is 2.26. The van der Waals surface area contributed by atoms with Gasteiger partial charge in [-0.05, 0) is 44.4 Å². The van der Waals surface area contributed by atoms with Crippen molar-refractivity contribution in [2.75, 3.05) is 7.05 Å². The Labute approximate surface area is 129 Å². The van der Waals surface area contributed by atoms with Gasteiger partial charge in [0.2, 0.25) is 0 Å². The highest BCUT2D eigenvalue weighted by molar-refractivity contribution is 5.92. The molecule has 118 valence electrons. The number of aromatic nitrogens is 1. The van der Waals surface area contributed by atoms with Crippen LogP contribution in [-0.4, -0.2) is 28.4 Å². The Hall–Kier alpha value is -1.38. The van der Waals surface area contributed by atoms with Gasteiger partial charge in [-0.3, -0.25) is 4.79 Å². The van der Waals surface area contributed by atoms with E-state index in [-0.39, 0.29) is 16.9 Å². The fraction of sp³-hybridized carbons (Fsp3) is 0.667. The van der Waals surface area contributed by atoms with E-state index in [9.17, 15) is 4.79 Å². The lowest BCUT2D eigenvalue weighted by molar-refractivity contribution is 0.0649. The second-order valence-electron chi connectivity index (χ2n) is 8.11. The first-order valence-electron chi connectivity index (χ1n) is 7.64. The summed E-state index contributed by atoms with van der Waals surface area (Å²) in [6.45, 7) is 16.8. The molecular weight excluding hydrogens is 260 g/mol. The summed E-state index contributed by atoms with van der Waals surface area (Å²) in [6, 6.07) is 4.06. The van der Waals surface area contributed by atoms with Gasteiger partial charge in [0.05, 0.1) is 0 Å². The molecule has 1 aromatic rings. The highest BCUT2D eigenvalue weighted by Crippen LogP contribution is 2.26. The topological polar surface area (TPSA) is 33.2 Å². The van der Waals surface area contributed by atoms with Gasteiger partial charge < -0.3 is 4.90 Å². The van der Waals surface area contributed by atoms with Crippen molar-refractivity contribution < 1.29 is 4.79 Å². The minimum atomic E-state index is -0.214. The van der Waals surface area contributed by atoms with Crippen LogP contribution in [0.15, 0.2) is 12.1 Å². The molecule has 0 aromatic carbocycles. The quantitative estimate of drug-likeness (QED) is 0.810. The number of pyridine rings is 1. The smallest absolute Gasteiger partial charge is 0.272 e. The molecule has 0 saturated carbocycles. The number of carbonyl (C=O) groups is 1. The van der Waals surface area contributed by atoms with Gasteiger partial charge >= 0.3 is 0 Å². The lowest BCUT2D eigenvalue weighted by Crippen LogP contribution is -2.43. The average Bonchev–Trinajstić information content (AvgIpc) is 2.34. The molecule has 0 aliphatic heterocycles. The molecule has 0 aliphatic rings. The van der Waals surface area contributed by atoms with Crippen LogP contribution in [0, 0.1) is 0 Å².